The van der Waals surface area contributed by atoms with Gasteiger partial charge in [0.2, 0.25) is 0 Å². The van der Waals surface area contributed by atoms with Gasteiger partial charge in [-0.05, 0) is 12.1 Å². The smallest absolute Gasteiger partial charge is 0.168 e. The normalized spacial score (nSPS) is 10.9. The van der Waals surface area contributed by atoms with Crippen molar-refractivity contribution in [3.63, 3.8) is 0 Å². The lowest BCUT2D eigenvalue weighted by Gasteiger charge is -2.01. The second kappa shape index (κ2) is 5.01. The third-order valence-corrected chi connectivity index (χ3v) is 3.62. The van der Waals surface area contributed by atoms with Crippen LogP contribution in [-0.2, 0) is 7.05 Å². The van der Waals surface area contributed by atoms with Gasteiger partial charge in [-0.3, -0.25) is 0 Å². The van der Waals surface area contributed by atoms with Gasteiger partial charge in [0.25, 0.3) is 0 Å². The molecule has 6 heteroatoms. The molecule has 17 heavy (non-hydrogen) atoms. The van der Waals surface area contributed by atoms with Gasteiger partial charge >= 0.3 is 0 Å². The molecule has 3 nitrogen and oxygen atoms in total. The number of fused-ring (bicyclic) bond motifs is 1. The molecule has 90 valence electrons. The molecule has 0 aliphatic carbocycles. The molecule has 0 bridgehead atoms. The Bertz CT molecular complexity index is 565. The molecule has 2 aromatic rings. The predicted molar refractivity (Wildman–Crippen MR) is 72.8 cm³/mol. The minimum atomic E-state index is -0.268. The average molecular weight is 269 g/mol. The summed E-state index contributed by atoms with van der Waals surface area (Å²) in [6, 6.07) is 4.61. The number of thiocarbonyl (C=S) groups is 1. The lowest BCUT2D eigenvalue weighted by molar-refractivity contribution is 0.629. The molecule has 0 spiro atoms. The minimum Gasteiger partial charge on any atom is -0.393 e. The number of hydrogen-bond donors (Lipinski definition) is 1. The maximum Gasteiger partial charge on any atom is 0.168 e. The van der Waals surface area contributed by atoms with Crippen LogP contribution in [0.2, 0.25) is 0 Å². The topological polar surface area (TPSA) is 43.8 Å². The molecule has 0 amide bonds. The van der Waals surface area contributed by atoms with Crippen LogP contribution in [0.4, 0.5) is 4.39 Å². The van der Waals surface area contributed by atoms with Crippen LogP contribution in [0, 0.1) is 5.82 Å². The molecule has 0 saturated carbocycles. The lowest BCUT2D eigenvalue weighted by Crippen LogP contribution is -2.08. The van der Waals surface area contributed by atoms with Crippen molar-refractivity contribution < 1.29 is 4.39 Å². The first kappa shape index (κ1) is 12.3. The zero-order chi connectivity index (χ0) is 12.4. The summed E-state index contributed by atoms with van der Waals surface area (Å²) in [7, 11) is 1.91. The van der Waals surface area contributed by atoms with Gasteiger partial charge in [0.15, 0.2) is 5.16 Å². The summed E-state index contributed by atoms with van der Waals surface area (Å²) in [4.78, 5) is 4.87. The molecule has 1 aromatic carbocycles. The van der Waals surface area contributed by atoms with Crippen LogP contribution in [0.25, 0.3) is 11.0 Å². The molecule has 0 atom stereocenters. The summed E-state index contributed by atoms with van der Waals surface area (Å²) in [5.74, 6) is 0.518. The minimum absolute atomic E-state index is 0.268. The Morgan fingerprint density at radius 2 is 2.35 bits per heavy atom. The van der Waals surface area contributed by atoms with Gasteiger partial charge in [0, 0.05) is 25.3 Å². The highest BCUT2D eigenvalue weighted by atomic mass is 32.2. The summed E-state index contributed by atoms with van der Waals surface area (Å²) in [6.07, 6.45) is 0.678. The number of nitrogens with two attached hydrogens (primary N) is 1. The van der Waals surface area contributed by atoms with Gasteiger partial charge in [-0.1, -0.05) is 24.0 Å². The average Bonchev–Trinajstić information content (AvgIpc) is 2.55. The van der Waals surface area contributed by atoms with Crippen molar-refractivity contribution in [3.8, 4) is 0 Å². The number of rotatable bonds is 4. The van der Waals surface area contributed by atoms with Crippen molar-refractivity contribution in [3.05, 3.63) is 24.0 Å². The van der Waals surface area contributed by atoms with Crippen molar-refractivity contribution >= 4 is 40.0 Å². The van der Waals surface area contributed by atoms with Crippen LogP contribution in [0.3, 0.4) is 0 Å². The van der Waals surface area contributed by atoms with E-state index < -0.39 is 0 Å². The maximum atomic E-state index is 13.0. The third-order valence-electron chi connectivity index (χ3n) is 2.38. The van der Waals surface area contributed by atoms with E-state index in [1.807, 2.05) is 11.6 Å². The zero-order valence-corrected chi connectivity index (χ0v) is 10.9. The summed E-state index contributed by atoms with van der Waals surface area (Å²) < 4.78 is 15.0. The zero-order valence-electron chi connectivity index (χ0n) is 9.31. The predicted octanol–water partition coefficient (Wildman–Crippen LogP) is 2.48. The van der Waals surface area contributed by atoms with Crippen molar-refractivity contribution in [2.24, 2.45) is 12.8 Å². The highest BCUT2D eigenvalue weighted by Crippen LogP contribution is 2.23. The van der Waals surface area contributed by atoms with E-state index in [4.69, 9.17) is 18.0 Å². The third kappa shape index (κ3) is 2.76. The molecule has 2 rings (SSSR count). The summed E-state index contributed by atoms with van der Waals surface area (Å²) in [5, 5.41) is 0.849. The quantitative estimate of drug-likeness (QED) is 0.684. The van der Waals surface area contributed by atoms with E-state index in [2.05, 4.69) is 4.98 Å². The Labute approximate surface area is 108 Å². The molecule has 0 radical (unpaired) electrons. The standard InChI is InChI=1S/C11H12FN3S2/c1-15-9-3-2-7(12)6-8(9)14-11(15)17-5-4-10(13)16/h2-3,6H,4-5H2,1H3,(H2,13,16). The van der Waals surface area contributed by atoms with E-state index in [0.717, 1.165) is 16.4 Å². The van der Waals surface area contributed by atoms with Gasteiger partial charge < -0.3 is 10.3 Å². The van der Waals surface area contributed by atoms with E-state index in [1.165, 1.54) is 12.1 Å². The van der Waals surface area contributed by atoms with E-state index in [0.29, 0.717) is 16.9 Å². The SMILES string of the molecule is Cn1c(SCCC(N)=S)nc2cc(F)ccc21. The maximum absolute atomic E-state index is 13.0. The van der Waals surface area contributed by atoms with Crippen LogP contribution >= 0.6 is 24.0 Å². The Morgan fingerprint density at radius 3 is 3.06 bits per heavy atom. The molecular weight excluding hydrogens is 257 g/mol. The van der Waals surface area contributed by atoms with Crippen LogP contribution in [-0.4, -0.2) is 20.3 Å². The molecule has 0 unspecified atom stereocenters. The number of imidazole rings is 1. The monoisotopic (exact) mass is 269 g/mol. The highest BCUT2D eigenvalue weighted by molar-refractivity contribution is 7.99. The summed E-state index contributed by atoms with van der Waals surface area (Å²) in [5.41, 5.74) is 7.02. The number of halogens is 1. The number of aromatic nitrogens is 2. The van der Waals surface area contributed by atoms with Crippen LogP contribution in [0.5, 0.6) is 0 Å². The number of thioether (sulfide) groups is 1. The molecule has 1 heterocycles. The number of benzene rings is 1. The first-order valence-electron chi connectivity index (χ1n) is 5.11. The first-order valence-corrected chi connectivity index (χ1v) is 6.50. The van der Waals surface area contributed by atoms with Gasteiger partial charge in [0.1, 0.15) is 5.82 Å². The fourth-order valence-corrected chi connectivity index (χ4v) is 2.71. The molecule has 0 aliphatic rings. The molecule has 0 fully saturated rings. The lowest BCUT2D eigenvalue weighted by atomic mass is 10.3. The Kier molecular flexibility index (Phi) is 3.63. The van der Waals surface area contributed by atoms with Gasteiger partial charge in [-0.25, -0.2) is 9.37 Å². The van der Waals surface area contributed by atoms with Crippen molar-refractivity contribution in [2.75, 3.05) is 5.75 Å². The van der Waals surface area contributed by atoms with Crippen molar-refractivity contribution in [2.45, 2.75) is 11.6 Å². The number of aryl methyl sites for hydroxylation is 1. The first-order chi connectivity index (χ1) is 8.08. The van der Waals surface area contributed by atoms with Crippen LogP contribution < -0.4 is 5.73 Å². The summed E-state index contributed by atoms with van der Waals surface area (Å²) in [6.45, 7) is 0. The fraction of sp³-hybridized carbons (Fsp3) is 0.273. The van der Waals surface area contributed by atoms with E-state index >= 15 is 0 Å². The molecule has 0 saturated heterocycles. The largest absolute Gasteiger partial charge is 0.393 e. The van der Waals surface area contributed by atoms with Crippen molar-refractivity contribution in [1.29, 1.82) is 0 Å². The second-order valence-electron chi connectivity index (χ2n) is 3.65. The molecule has 0 aliphatic heterocycles. The molecule has 1 aromatic heterocycles. The molecule has 2 N–H and O–H groups in total. The summed E-state index contributed by atoms with van der Waals surface area (Å²) >= 11 is 6.38. The Hall–Kier alpha value is -1.14. The number of nitrogens with zero attached hydrogens (tertiary/aromatic N) is 2. The van der Waals surface area contributed by atoms with Gasteiger partial charge in [-0.15, -0.1) is 0 Å². The van der Waals surface area contributed by atoms with E-state index in [1.54, 1.807) is 17.8 Å². The molecular formula is C11H12FN3S2. The van der Waals surface area contributed by atoms with E-state index in [9.17, 15) is 4.39 Å². The Morgan fingerprint density at radius 1 is 1.59 bits per heavy atom. The van der Waals surface area contributed by atoms with Gasteiger partial charge in [-0.2, -0.15) is 0 Å². The Balaban J connectivity index is 2.23. The van der Waals surface area contributed by atoms with E-state index in [-0.39, 0.29) is 5.82 Å². The number of hydrogen-bond acceptors (Lipinski definition) is 3. The second-order valence-corrected chi connectivity index (χ2v) is 5.24. The van der Waals surface area contributed by atoms with Crippen LogP contribution in [0.1, 0.15) is 6.42 Å². The highest BCUT2D eigenvalue weighted by Gasteiger charge is 2.08. The fourth-order valence-electron chi connectivity index (χ4n) is 1.52. The van der Waals surface area contributed by atoms with Crippen molar-refractivity contribution in [1.82, 2.24) is 9.55 Å². The van der Waals surface area contributed by atoms with Gasteiger partial charge in [0.05, 0.1) is 16.0 Å². The van der Waals surface area contributed by atoms with Crippen LogP contribution in [0.15, 0.2) is 23.4 Å².